The van der Waals surface area contributed by atoms with E-state index >= 15 is 0 Å². The van der Waals surface area contributed by atoms with Gasteiger partial charge in [-0.1, -0.05) is 325 Å². The lowest BCUT2D eigenvalue weighted by Gasteiger charge is -2.21. The van der Waals surface area contributed by atoms with Crippen molar-refractivity contribution in [1.29, 1.82) is 0 Å². The number of rotatable bonds is 72. The number of hydrogen-bond donors (Lipinski definition) is 3. The fourth-order valence-electron chi connectivity index (χ4n) is 11.2. The number of ether oxygens (including phenoxy) is 4. The van der Waals surface area contributed by atoms with Gasteiger partial charge in [0, 0.05) is 25.7 Å². The molecule has 2 unspecified atom stereocenters. The maximum atomic E-state index is 13.1. The summed E-state index contributed by atoms with van der Waals surface area (Å²) < 4.78 is 68.5. The Balaban J connectivity index is 5.27. The number of esters is 4. The second kappa shape index (κ2) is 64.7. The van der Waals surface area contributed by atoms with Gasteiger partial charge in [-0.3, -0.25) is 37.3 Å². The molecule has 0 saturated carbocycles. The SMILES string of the molecule is CCCCCCCCCCCCCCC(=O)OC[C@H](COP(=O)(O)OC[C@H](O)COP(=O)(O)OC[C@@H](COC(=O)CCCCCCCCCCCCCC(C)C)OC(=O)CCCCCCCCCCCCCCC(C)C)OC(=O)CCCCCCCCCCCC(C)C. The third-order valence-corrected chi connectivity index (χ3v) is 19.0. The smallest absolute Gasteiger partial charge is 0.462 e. The van der Waals surface area contributed by atoms with Crippen molar-refractivity contribution in [2.45, 2.75) is 394 Å². The van der Waals surface area contributed by atoms with E-state index in [9.17, 15) is 43.2 Å². The molecule has 0 bridgehead atoms. The number of phosphoric acid groups is 2. The topological polar surface area (TPSA) is 237 Å². The molecular weight excluding hydrogens is 1220 g/mol. The first-order chi connectivity index (χ1) is 44.7. The largest absolute Gasteiger partial charge is 0.472 e. The van der Waals surface area contributed by atoms with Gasteiger partial charge in [-0.2, -0.15) is 0 Å². The molecule has 0 aliphatic heterocycles. The van der Waals surface area contributed by atoms with Crippen molar-refractivity contribution in [3.8, 4) is 0 Å². The van der Waals surface area contributed by atoms with Crippen LogP contribution in [0, 0.1) is 17.8 Å². The summed E-state index contributed by atoms with van der Waals surface area (Å²) in [5, 5.41) is 10.6. The second-order valence-electron chi connectivity index (χ2n) is 28.1. The third kappa shape index (κ3) is 68.4. The maximum Gasteiger partial charge on any atom is 0.472 e. The van der Waals surface area contributed by atoms with Gasteiger partial charge in [0.15, 0.2) is 12.2 Å². The summed E-state index contributed by atoms with van der Waals surface area (Å²) in [7, 11) is -9.91. The van der Waals surface area contributed by atoms with E-state index < -0.39 is 97.5 Å². The van der Waals surface area contributed by atoms with E-state index in [0.717, 1.165) is 108 Å². The van der Waals surface area contributed by atoms with E-state index in [4.69, 9.17) is 37.0 Å². The van der Waals surface area contributed by atoms with Gasteiger partial charge in [0.1, 0.15) is 19.3 Å². The fourth-order valence-corrected chi connectivity index (χ4v) is 12.8. The molecule has 0 aromatic rings. The van der Waals surface area contributed by atoms with Crippen molar-refractivity contribution in [3.63, 3.8) is 0 Å². The molecule has 0 heterocycles. The number of aliphatic hydroxyl groups excluding tert-OH is 1. The van der Waals surface area contributed by atoms with E-state index in [-0.39, 0.29) is 25.7 Å². The summed E-state index contributed by atoms with van der Waals surface area (Å²) in [6.07, 6.45) is 49.8. The van der Waals surface area contributed by atoms with Crippen LogP contribution in [0.1, 0.15) is 376 Å². The van der Waals surface area contributed by atoms with Gasteiger partial charge >= 0.3 is 39.5 Å². The highest BCUT2D eigenvalue weighted by molar-refractivity contribution is 7.47. The molecule has 19 heteroatoms. The maximum absolute atomic E-state index is 13.1. The van der Waals surface area contributed by atoms with E-state index in [1.54, 1.807) is 0 Å². The van der Waals surface area contributed by atoms with Crippen LogP contribution in [-0.2, 0) is 65.4 Å². The predicted octanol–water partition coefficient (Wildman–Crippen LogP) is 21.4. The Labute approximate surface area is 568 Å². The highest BCUT2D eigenvalue weighted by Gasteiger charge is 2.30. The Morgan fingerprint density at radius 2 is 0.495 bits per heavy atom. The minimum atomic E-state index is -4.96. The van der Waals surface area contributed by atoms with E-state index in [1.165, 1.54) is 186 Å². The number of phosphoric ester groups is 2. The van der Waals surface area contributed by atoms with Crippen LogP contribution in [0.15, 0.2) is 0 Å². The zero-order valence-corrected chi connectivity index (χ0v) is 62.5. The molecule has 0 aliphatic carbocycles. The second-order valence-corrected chi connectivity index (χ2v) is 31.0. The standard InChI is InChI=1S/C74H144O17P2/c1-8-9-10-11-12-13-14-20-27-34-41-48-55-71(76)84-62-70(91-74(79)58-51-44-37-30-23-26-33-40-47-54-67(6)7)64-89-93(82,83)87-60-68(75)59-86-92(80,81)88-63-69(61-85-72(77)56-49-42-35-28-22-17-19-25-32-39-46-53-66(4)5)90-73(78)57-50-43-36-29-21-16-15-18-24-31-38-45-52-65(2)3/h65-70,75H,8-64H2,1-7H3,(H,80,81)(H,82,83)/t68-,69-,70-/m1/s1. The first kappa shape index (κ1) is 91.1. The van der Waals surface area contributed by atoms with Crippen molar-refractivity contribution in [1.82, 2.24) is 0 Å². The summed E-state index contributed by atoms with van der Waals surface area (Å²) in [4.78, 5) is 72.8. The quantitative estimate of drug-likeness (QED) is 0.0222. The van der Waals surface area contributed by atoms with Crippen LogP contribution >= 0.6 is 15.6 Å². The Bertz CT molecular complexity index is 1820. The van der Waals surface area contributed by atoms with Crippen LogP contribution in [0.5, 0.6) is 0 Å². The van der Waals surface area contributed by atoms with Gasteiger partial charge < -0.3 is 33.8 Å². The van der Waals surface area contributed by atoms with E-state index in [0.29, 0.717) is 25.7 Å². The predicted molar refractivity (Wildman–Crippen MR) is 377 cm³/mol. The monoisotopic (exact) mass is 1370 g/mol. The van der Waals surface area contributed by atoms with Crippen LogP contribution in [0.3, 0.4) is 0 Å². The van der Waals surface area contributed by atoms with Crippen LogP contribution in [0.25, 0.3) is 0 Å². The number of carbonyl (C=O) groups excluding carboxylic acids is 4. The minimum absolute atomic E-state index is 0.105. The molecule has 0 aromatic carbocycles. The fraction of sp³-hybridized carbons (Fsp3) is 0.946. The summed E-state index contributed by atoms with van der Waals surface area (Å²) in [6.45, 7) is 11.9. The zero-order chi connectivity index (χ0) is 68.7. The van der Waals surface area contributed by atoms with Crippen LogP contribution < -0.4 is 0 Å². The lowest BCUT2D eigenvalue weighted by Crippen LogP contribution is -2.30. The summed E-state index contributed by atoms with van der Waals surface area (Å²) >= 11 is 0. The lowest BCUT2D eigenvalue weighted by atomic mass is 10.0. The van der Waals surface area contributed by atoms with Crippen molar-refractivity contribution in [3.05, 3.63) is 0 Å². The molecular formula is C74H144O17P2. The molecule has 0 amide bonds. The molecule has 0 fully saturated rings. The molecule has 3 N–H and O–H groups in total. The molecule has 552 valence electrons. The van der Waals surface area contributed by atoms with Crippen molar-refractivity contribution >= 4 is 39.5 Å². The molecule has 0 radical (unpaired) electrons. The van der Waals surface area contributed by atoms with Crippen LogP contribution in [-0.4, -0.2) is 96.7 Å². The Kier molecular flexibility index (Phi) is 63.4. The molecule has 0 aliphatic rings. The molecule has 0 aromatic heterocycles. The summed E-state index contributed by atoms with van der Waals surface area (Å²) in [5.41, 5.74) is 0. The molecule has 5 atom stereocenters. The number of unbranched alkanes of at least 4 members (excludes halogenated alkanes) is 40. The first-order valence-corrected chi connectivity index (χ1v) is 41.3. The minimum Gasteiger partial charge on any atom is -0.462 e. The lowest BCUT2D eigenvalue weighted by molar-refractivity contribution is -0.161. The Morgan fingerprint density at radius 3 is 0.731 bits per heavy atom. The molecule has 93 heavy (non-hydrogen) atoms. The van der Waals surface area contributed by atoms with Crippen molar-refractivity contribution in [2.75, 3.05) is 39.6 Å². The molecule has 0 saturated heterocycles. The highest BCUT2D eigenvalue weighted by atomic mass is 31.2. The average Bonchev–Trinajstić information content (AvgIpc) is 2.58. The van der Waals surface area contributed by atoms with Crippen LogP contribution in [0.4, 0.5) is 0 Å². The van der Waals surface area contributed by atoms with Gasteiger partial charge in [-0.15, -0.1) is 0 Å². The van der Waals surface area contributed by atoms with Crippen LogP contribution in [0.2, 0.25) is 0 Å². The van der Waals surface area contributed by atoms with Gasteiger partial charge in [-0.05, 0) is 43.4 Å². The number of aliphatic hydroxyl groups is 1. The number of hydrogen-bond acceptors (Lipinski definition) is 15. The zero-order valence-electron chi connectivity index (χ0n) is 60.7. The van der Waals surface area contributed by atoms with Crippen molar-refractivity contribution < 1.29 is 80.2 Å². The Morgan fingerprint density at radius 1 is 0.290 bits per heavy atom. The van der Waals surface area contributed by atoms with Gasteiger partial charge in [0.25, 0.3) is 0 Å². The third-order valence-electron chi connectivity index (χ3n) is 17.1. The Hall–Kier alpha value is -1.94. The van der Waals surface area contributed by atoms with E-state index in [2.05, 4.69) is 48.5 Å². The molecule has 0 spiro atoms. The summed E-state index contributed by atoms with van der Waals surface area (Å²) in [5.74, 6) is 0.165. The van der Waals surface area contributed by atoms with Gasteiger partial charge in [0.05, 0.1) is 26.4 Å². The first-order valence-electron chi connectivity index (χ1n) is 38.3. The summed E-state index contributed by atoms with van der Waals surface area (Å²) in [6, 6.07) is 0. The van der Waals surface area contributed by atoms with Gasteiger partial charge in [0.2, 0.25) is 0 Å². The normalized spacial score (nSPS) is 14.1. The van der Waals surface area contributed by atoms with E-state index in [1.807, 2.05) is 0 Å². The highest BCUT2D eigenvalue weighted by Crippen LogP contribution is 2.45. The average molecular weight is 1370 g/mol. The van der Waals surface area contributed by atoms with Crippen molar-refractivity contribution in [2.24, 2.45) is 17.8 Å². The molecule has 17 nitrogen and oxygen atoms in total. The molecule has 0 rings (SSSR count). The number of carbonyl (C=O) groups is 4. The van der Waals surface area contributed by atoms with Gasteiger partial charge in [-0.25, -0.2) is 9.13 Å².